The standard InChI is InChI=1S/C25H22BrF3N4O4S/c1-2-19-31-21(14-8-9-14)22(24(30)34)33(19)12-13-7-10-18-16(11-13)20(26)23(37-18)15-5-3-4-6-17(15)32-38(35,36)25(27,28)29/h3-7,10-11,14,32H,2,8-9,12H2,1H3,(H2,30,34). The Kier molecular flexibility index (Phi) is 6.54. The number of para-hydroxylation sites is 1. The van der Waals surface area contributed by atoms with E-state index in [2.05, 4.69) is 20.9 Å². The molecule has 0 saturated heterocycles. The molecule has 3 N–H and O–H groups in total. The highest BCUT2D eigenvalue weighted by molar-refractivity contribution is 9.10. The predicted molar refractivity (Wildman–Crippen MR) is 139 cm³/mol. The molecule has 1 amide bonds. The number of nitrogens with two attached hydrogens (primary N) is 1. The van der Waals surface area contributed by atoms with Crippen molar-refractivity contribution >= 4 is 48.5 Å². The second-order valence-corrected chi connectivity index (χ2v) is 11.5. The number of aryl methyl sites for hydroxylation is 1. The molecule has 8 nitrogen and oxygen atoms in total. The van der Waals surface area contributed by atoms with E-state index in [1.54, 1.807) is 22.9 Å². The summed E-state index contributed by atoms with van der Waals surface area (Å²) in [6, 6.07) is 11.0. The minimum absolute atomic E-state index is 0.123. The summed E-state index contributed by atoms with van der Waals surface area (Å²) in [7, 11) is -5.64. The van der Waals surface area contributed by atoms with E-state index in [0.29, 0.717) is 34.1 Å². The van der Waals surface area contributed by atoms with Gasteiger partial charge in [0.2, 0.25) is 0 Å². The highest BCUT2D eigenvalue weighted by Gasteiger charge is 2.46. The number of anilines is 1. The Labute approximate surface area is 224 Å². The number of carbonyl (C=O) groups is 1. The van der Waals surface area contributed by atoms with E-state index in [1.807, 2.05) is 17.6 Å². The second kappa shape index (κ2) is 9.45. The molecule has 2 aromatic heterocycles. The minimum Gasteiger partial charge on any atom is -0.455 e. The average Bonchev–Trinajstić information content (AvgIpc) is 3.56. The molecule has 38 heavy (non-hydrogen) atoms. The summed E-state index contributed by atoms with van der Waals surface area (Å²) >= 11 is 3.47. The largest absolute Gasteiger partial charge is 0.516 e. The first-order chi connectivity index (χ1) is 17.9. The van der Waals surface area contributed by atoms with Gasteiger partial charge in [0.15, 0.2) is 5.76 Å². The Morgan fingerprint density at radius 2 is 1.95 bits per heavy atom. The number of amides is 1. The molecule has 0 aliphatic heterocycles. The average molecular weight is 611 g/mol. The summed E-state index contributed by atoms with van der Waals surface area (Å²) < 4.78 is 72.2. The molecule has 0 spiro atoms. The molecule has 0 radical (unpaired) electrons. The highest BCUT2D eigenvalue weighted by Crippen LogP contribution is 2.43. The van der Waals surface area contributed by atoms with Crippen LogP contribution in [0.5, 0.6) is 0 Å². The first-order valence-corrected chi connectivity index (χ1v) is 14.0. The van der Waals surface area contributed by atoms with E-state index in [9.17, 15) is 26.4 Å². The first kappa shape index (κ1) is 26.3. The van der Waals surface area contributed by atoms with Crippen molar-refractivity contribution in [1.82, 2.24) is 9.55 Å². The molecular weight excluding hydrogens is 589 g/mol. The maximum Gasteiger partial charge on any atom is 0.516 e. The van der Waals surface area contributed by atoms with Crippen LogP contribution in [0.4, 0.5) is 18.9 Å². The molecule has 13 heteroatoms. The van der Waals surface area contributed by atoms with E-state index in [0.717, 1.165) is 29.9 Å². The zero-order valence-corrected chi connectivity index (χ0v) is 22.4. The van der Waals surface area contributed by atoms with Crippen LogP contribution in [0, 0.1) is 0 Å². The number of primary amides is 1. The molecule has 0 atom stereocenters. The van der Waals surface area contributed by atoms with E-state index in [1.165, 1.54) is 18.2 Å². The molecule has 5 rings (SSSR count). The van der Waals surface area contributed by atoms with Crippen LogP contribution in [-0.4, -0.2) is 29.4 Å². The number of hydrogen-bond donors (Lipinski definition) is 2. The Morgan fingerprint density at radius 3 is 2.58 bits per heavy atom. The molecule has 200 valence electrons. The van der Waals surface area contributed by atoms with Crippen LogP contribution < -0.4 is 10.5 Å². The number of imidazole rings is 1. The predicted octanol–water partition coefficient (Wildman–Crippen LogP) is 5.91. The molecule has 1 aliphatic rings. The van der Waals surface area contributed by atoms with Gasteiger partial charge in [-0.05, 0) is 58.6 Å². The fraction of sp³-hybridized carbons (Fsp3) is 0.280. The Morgan fingerprint density at radius 1 is 1.24 bits per heavy atom. The van der Waals surface area contributed by atoms with E-state index >= 15 is 0 Å². The molecular formula is C25H22BrF3N4O4S. The lowest BCUT2D eigenvalue weighted by Crippen LogP contribution is -2.30. The zero-order chi connectivity index (χ0) is 27.4. The summed E-state index contributed by atoms with van der Waals surface area (Å²) in [5.74, 6) is 0.610. The maximum absolute atomic E-state index is 13.0. The van der Waals surface area contributed by atoms with Crippen molar-refractivity contribution in [2.75, 3.05) is 4.72 Å². The number of nitrogens with one attached hydrogen (secondary N) is 1. The molecule has 1 saturated carbocycles. The van der Waals surface area contributed by atoms with Crippen LogP contribution in [0.15, 0.2) is 51.4 Å². The van der Waals surface area contributed by atoms with E-state index < -0.39 is 21.4 Å². The van der Waals surface area contributed by atoms with Crippen molar-refractivity contribution in [3.8, 4) is 11.3 Å². The van der Waals surface area contributed by atoms with Crippen molar-refractivity contribution in [3.05, 3.63) is 69.7 Å². The number of furan rings is 1. The summed E-state index contributed by atoms with van der Waals surface area (Å²) in [5.41, 5.74) is 2.47. The van der Waals surface area contributed by atoms with Crippen molar-refractivity contribution in [1.29, 1.82) is 0 Å². The third kappa shape index (κ3) is 4.68. The van der Waals surface area contributed by atoms with Gasteiger partial charge in [-0.15, -0.1) is 0 Å². The van der Waals surface area contributed by atoms with Gasteiger partial charge >= 0.3 is 15.5 Å². The fourth-order valence-electron chi connectivity index (χ4n) is 4.40. The second-order valence-electron chi connectivity index (χ2n) is 9.01. The smallest absolute Gasteiger partial charge is 0.455 e. The number of fused-ring (bicyclic) bond motifs is 1. The van der Waals surface area contributed by atoms with Crippen LogP contribution in [0.1, 0.15) is 53.3 Å². The molecule has 1 aliphatic carbocycles. The van der Waals surface area contributed by atoms with Crippen LogP contribution in [-0.2, 0) is 23.0 Å². The van der Waals surface area contributed by atoms with Crippen molar-refractivity contribution < 1.29 is 30.8 Å². The summed E-state index contributed by atoms with van der Waals surface area (Å²) in [6.07, 6.45) is 2.55. The van der Waals surface area contributed by atoms with Gasteiger partial charge in [0, 0.05) is 29.8 Å². The van der Waals surface area contributed by atoms with Crippen LogP contribution in [0.3, 0.4) is 0 Å². The monoisotopic (exact) mass is 610 g/mol. The normalized spacial score (nSPS) is 14.2. The third-order valence-electron chi connectivity index (χ3n) is 6.34. The minimum atomic E-state index is -5.64. The number of hydrogen-bond acceptors (Lipinski definition) is 5. The molecule has 2 heterocycles. The number of halogens is 4. The summed E-state index contributed by atoms with van der Waals surface area (Å²) in [4.78, 5) is 17.0. The SMILES string of the molecule is CCc1nc(C2CC2)c(C(N)=O)n1Cc1ccc2oc(-c3ccccc3NS(=O)(=O)C(F)(F)F)c(Br)c2c1. The molecule has 2 aromatic carbocycles. The summed E-state index contributed by atoms with van der Waals surface area (Å²) in [6.45, 7) is 2.28. The number of rotatable bonds is 8. The van der Waals surface area contributed by atoms with E-state index in [4.69, 9.17) is 10.2 Å². The van der Waals surface area contributed by atoms with Gasteiger partial charge in [-0.2, -0.15) is 21.6 Å². The number of aromatic nitrogens is 2. The van der Waals surface area contributed by atoms with Crippen molar-refractivity contribution in [2.45, 2.75) is 44.2 Å². The molecule has 1 fully saturated rings. The van der Waals surface area contributed by atoms with Gasteiger partial charge in [0.1, 0.15) is 17.1 Å². The van der Waals surface area contributed by atoms with Crippen LogP contribution in [0.2, 0.25) is 0 Å². The quantitative estimate of drug-likeness (QED) is 0.257. The van der Waals surface area contributed by atoms with Gasteiger partial charge in [0.25, 0.3) is 5.91 Å². The molecule has 4 aromatic rings. The van der Waals surface area contributed by atoms with Crippen molar-refractivity contribution in [3.63, 3.8) is 0 Å². The Hall–Kier alpha value is -3.32. The maximum atomic E-state index is 13.0. The fourth-order valence-corrected chi connectivity index (χ4v) is 5.59. The lowest BCUT2D eigenvalue weighted by atomic mass is 10.1. The van der Waals surface area contributed by atoms with Gasteiger partial charge < -0.3 is 14.7 Å². The Bertz CT molecular complexity index is 1670. The number of benzene rings is 2. The number of sulfonamides is 1. The highest BCUT2D eigenvalue weighted by atomic mass is 79.9. The number of alkyl halides is 3. The van der Waals surface area contributed by atoms with Gasteiger partial charge in [0.05, 0.1) is 15.9 Å². The van der Waals surface area contributed by atoms with Gasteiger partial charge in [-0.3, -0.25) is 9.52 Å². The van der Waals surface area contributed by atoms with Crippen molar-refractivity contribution in [2.24, 2.45) is 5.73 Å². The molecule has 0 bridgehead atoms. The lowest BCUT2D eigenvalue weighted by Gasteiger charge is -2.13. The lowest BCUT2D eigenvalue weighted by molar-refractivity contribution is -0.0429. The topological polar surface area (TPSA) is 120 Å². The van der Waals surface area contributed by atoms with Crippen LogP contribution >= 0.6 is 15.9 Å². The van der Waals surface area contributed by atoms with Gasteiger partial charge in [-0.1, -0.05) is 25.1 Å². The Balaban J connectivity index is 1.54. The van der Waals surface area contributed by atoms with Gasteiger partial charge in [-0.25, -0.2) is 4.98 Å². The third-order valence-corrected chi connectivity index (χ3v) is 8.23. The first-order valence-electron chi connectivity index (χ1n) is 11.7. The van der Waals surface area contributed by atoms with E-state index in [-0.39, 0.29) is 22.9 Å². The molecule has 0 unspecified atom stereocenters. The summed E-state index contributed by atoms with van der Waals surface area (Å²) in [5, 5.41) is 0.618. The zero-order valence-electron chi connectivity index (χ0n) is 20.0. The number of nitrogens with zero attached hydrogens (tertiary/aromatic N) is 2. The van der Waals surface area contributed by atoms with Crippen LogP contribution in [0.25, 0.3) is 22.3 Å². The number of carbonyl (C=O) groups excluding carboxylic acids is 1.